The molecule has 0 saturated carbocycles. The number of rotatable bonds is 5. The maximum Gasteiger partial charge on any atom is 0.416 e. The zero-order valence-corrected chi connectivity index (χ0v) is 16.1. The molecule has 2 aromatic carbocycles. The first-order valence-electron chi connectivity index (χ1n) is 7.23. The van der Waals surface area contributed by atoms with Crippen molar-refractivity contribution >= 4 is 38.9 Å². The Morgan fingerprint density at radius 1 is 1.19 bits per heavy atom. The molecule has 0 spiro atoms. The van der Waals surface area contributed by atoms with Gasteiger partial charge in [-0.1, -0.05) is 17.7 Å². The summed E-state index contributed by atoms with van der Waals surface area (Å²) in [5, 5.41) is 12.2. The molecule has 0 aromatic heterocycles. The van der Waals surface area contributed by atoms with Gasteiger partial charge in [0.15, 0.2) is 4.91 Å². The van der Waals surface area contributed by atoms with E-state index in [4.69, 9.17) is 11.6 Å². The minimum atomic E-state index is -4.55. The molecular formula is C17H12ClF3N2O2S2. The fourth-order valence-corrected chi connectivity index (χ4v) is 4.37. The number of anilines is 1. The number of hydrogen-bond donors (Lipinski definition) is 1. The van der Waals surface area contributed by atoms with Crippen molar-refractivity contribution in [2.45, 2.75) is 11.1 Å². The maximum atomic E-state index is 12.9. The molecule has 2 rings (SSSR count). The van der Waals surface area contributed by atoms with Crippen LogP contribution < -0.4 is 5.32 Å². The lowest BCUT2D eigenvalue weighted by molar-refractivity contribution is -0.137. The second-order valence-corrected chi connectivity index (χ2v) is 8.27. The number of thioether (sulfide) groups is 1. The Bertz CT molecular complexity index is 1010. The molecule has 4 nitrogen and oxygen atoms in total. The van der Waals surface area contributed by atoms with Crippen LogP contribution in [0, 0.1) is 11.3 Å². The van der Waals surface area contributed by atoms with Crippen molar-refractivity contribution in [2.24, 2.45) is 0 Å². The number of nitriles is 1. The smallest absolute Gasteiger partial charge is 0.349 e. The zero-order chi connectivity index (χ0) is 20.2. The summed E-state index contributed by atoms with van der Waals surface area (Å²) >= 11 is 6.64. The summed E-state index contributed by atoms with van der Waals surface area (Å²) in [5.41, 5.74) is -0.889. The highest BCUT2D eigenvalue weighted by Crippen LogP contribution is 2.33. The summed E-state index contributed by atoms with van der Waals surface area (Å²) in [6.07, 6.45) is -3.04. The topological polar surface area (TPSA) is 70.0 Å². The van der Waals surface area contributed by atoms with Crippen molar-refractivity contribution < 1.29 is 21.6 Å². The predicted octanol–water partition coefficient (Wildman–Crippen LogP) is 5.30. The van der Waals surface area contributed by atoms with Crippen molar-refractivity contribution in [3.8, 4) is 6.07 Å². The third-order valence-electron chi connectivity index (χ3n) is 3.35. The highest BCUT2D eigenvalue weighted by atomic mass is 35.5. The third kappa shape index (κ3) is 4.97. The number of alkyl halides is 3. The molecule has 0 aliphatic carbocycles. The summed E-state index contributed by atoms with van der Waals surface area (Å²) in [4.78, 5) is -0.754. The van der Waals surface area contributed by atoms with E-state index in [-0.39, 0.29) is 15.6 Å². The third-order valence-corrected chi connectivity index (χ3v) is 6.17. The predicted molar refractivity (Wildman–Crippen MR) is 99.9 cm³/mol. The number of hydrogen-bond acceptors (Lipinski definition) is 5. The van der Waals surface area contributed by atoms with Gasteiger partial charge in [0.2, 0.25) is 9.84 Å². The van der Waals surface area contributed by atoms with E-state index in [0.717, 1.165) is 23.9 Å². The summed E-state index contributed by atoms with van der Waals surface area (Å²) < 4.78 is 64.0. The van der Waals surface area contributed by atoms with Gasteiger partial charge in [-0.25, -0.2) is 8.42 Å². The standard InChI is InChI=1S/C17H12ClF3N2O2S2/c1-26-16(23-13-4-2-3-11(9-13)17(19,20)21)15(10-22)27(24,25)14-7-5-12(18)6-8-14/h2-9,23H,1H3/b16-15-. The molecule has 0 radical (unpaired) electrons. The van der Waals surface area contributed by atoms with E-state index in [1.54, 1.807) is 6.07 Å². The molecule has 2 aromatic rings. The molecule has 0 aliphatic rings. The largest absolute Gasteiger partial charge is 0.416 e. The van der Waals surface area contributed by atoms with E-state index >= 15 is 0 Å². The van der Waals surface area contributed by atoms with Crippen molar-refractivity contribution in [2.75, 3.05) is 11.6 Å². The minimum absolute atomic E-state index is 0.00762. The lowest BCUT2D eigenvalue weighted by Gasteiger charge is -2.14. The summed E-state index contributed by atoms with van der Waals surface area (Å²) in [6.45, 7) is 0. The normalized spacial score (nSPS) is 12.9. The first-order valence-corrected chi connectivity index (χ1v) is 10.3. The quantitative estimate of drug-likeness (QED) is 0.649. The Labute approximate surface area is 163 Å². The van der Waals surface area contributed by atoms with Crippen LogP contribution in [0.1, 0.15) is 5.56 Å². The van der Waals surface area contributed by atoms with Gasteiger partial charge in [-0.15, -0.1) is 11.8 Å². The molecule has 0 saturated heterocycles. The van der Waals surface area contributed by atoms with Crippen LogP contribution in [0.15, 0.2) is 63.4 Å². The molecule has 0 heterocycles. The van der Waals surface area contributed by atoms with Gasteiger partial charge in [0.05, 0.1) is 10.5 Å². The second kappa shape index (κ2) is 8.25. The van der Waals surface area contributed by atoms with E-state index in [9.17, 15) is 26.9 Å². The summed E-state index contributed by atoms with van der Waals surface area (Å²) in [6, 6.07) is 11.1. The van der Waals surface area contributed by atoms with Crippen LogP contribution in [0.5, 0.6) is 0 Å². The van der Waals surface area contributed by atoms with Crippen molar-refractivity contribution in [1.29, 1.82) is 5.26 Å². The minimum Gasteiger partial charge on any atom is -0.349 e. The molecule has 0 amide bonds. The van der Waals surface area contributed by atoms with Gasteiger partial charge in [-0.3, -0.25) is 0 Å². The van der Waals surface area contributed by atoms with Crippen LogP contribution in [0.2, 0.25) is 5.02 Å². The molecule has 0 aliphatic heterocycles. The molecule has 0 fully saturated rings. The van der Waals surface area contributed by atoms with E-state index in [2.05, 4.69) is 5.32 Å². The first-order chi connectivity index (χ1) is 12.6. The van der Waals surface area contributed by atoms with E-state index in [0.29, 0.717) is 5.02 Å². The number of nitrogens with one attached hydrogen (secondary N) is 1. The Kier molecular flexibility index (Phi) is 6.46. The molecule has 1 N–H and O–H groups in total. The summed E-state index contributed by atoms with van der Waals surface area (Å²) in [5.74, 6) is 0. The second-order valence-electron chi connectivity index (χ2n) is 5.14. The van der Waals surface area contributed by atoms with Gasteiger partial charge in [0, 0.05) is 10.7 Å². The molecule has 0 unspecified atom stereocenters. The Hall–Kier alpha value is -2.15. The Balaban J connectivity index is 2.50. The molecule has 0 bridgehead atoms. The van der Waals surface area contributed by atoms with Gasteiger partial charge in [0.25, 0.3) is 0 Å². The SMILES string of the molecule is CS/C(Nc1cccc(C(F)(F)F)c1)=C(/C#N)S(=O)(=O)c1ccc(Cl)cc1. The maximum absolute atomic E-state index is 12.9. The van der Waals surface area contributed by atoms with Gasteiger partial charge >= 0.3 is 6.18 Å². The van der Waals surface area contributed by atoms with Crippen molar-refractivity contribution in [3.63, 3.8) is 0 Å². The summed E-state index contributed by atoms with van der Waals surface area (Å²) in [7, 11) is -4.18. The van der Waals surface area contributed by atoms with Crippen molar-refractivity contribution in [3.05, 3.63) is 69.1 Å². The molecule has 10 heteroatoms. The van der Waals surface area contributed by atoms with Gasteiger partial charge in [0.1, 0.15) is 11.1 Å². The van der Waals surface area contributed by atoms with E-state index < -0.39 is 26.5 Å². The van der Waals surface area contributed by atoms with Crippen LogP contribution in [-0.4, -0.2) is 14.7 Å². The first kappa shape index (κ1) is 21.2. The molecule has 142 valence electrons. The molecule has 27 heavy (non-hydrogen) atoms. The van der Waals surface area contributed by atoms with Crippen molar-refractivity contribution in [1.82, 2.24) is 0 Å². The highest BCUT2D eigenvalue weighted by Gasteiger charge is 2.31. The monoisotopic (exact) mass is 432 g/mol. The average Bonchev–Trinajstić information content (AvgIpc) is 2.61. The van der Waals surface area contributed by atoms with Gasteiger partial charge in [-0.05, 0) is 48.7 Å². The van der Waals surface area contributed by atoms with Crippen LogP contribution in [0.4, 0.5) is 18.9 Å². The van der Waals surface area contributed by atoms with Crippen LogP contribution in [0.25, 0.3) is 0 Å². The number of nitrogens with zero attached hydrogens (tertiary/aromatic N) is 1. The fourth-order valence-electron chi connectivity index (χ4n) is 2.07. The zero-order valence-electron chi connectivity index (χ0n) is 13.7. The number of benzene rings is 2. The van der Waals surface area contributed by atoms with Gasteiger partial charge in [-0.2, -0.15) is 18.4 Å². The van der Waals surface area contributed by atoms with E-state index in [1.807, 2.05) is 0 Å². The van der Waals surface area contributed by atoms with Crippen LogP contribution in [0.3, 0.4) is 0 Å². The van der Waals surface area contributed by atoms with Gasteiger partial charge < -0.3 is 5.32 Å². The number of halogens is 4. The Morgan fingerprint density at radius 2 is 1.81 bits per heavy atom. The van der Waals surface area contributed by atoms with Crippen LogP contribution >= 0.6 is 23.4 Å². The Morgan fingerprint density at radius 3 is 2.33 bits per heavy atom. The van der Waals surface area contributed by atoms with E-state index in [1.165, 1.54) is 42.7 Å². The van der Waals surface area contributed by atoms with Crippen LogP contribution in [-0.2, 0) is 16.0 Å². The molecular weight excluding hydrogens is 421 g/mol. The lowest BCUT2D eigenvalue weighted by atomic mass is 10.2. The highest BCUT2D eigenvalue weighted by molar-refractivity contribution is 8.04. The number of sulfone groups is 1. The number of allylic oxidation sites excluding steroid dienone is 1. The molecule has 0 atom stereocenters. The fraction of sp³-hybridized carbons (Fsp3) is 0.118. The lowest BCUT2D eigenvalue weighted by Crippen LogP contribution is -2.10. The average molecular weight is 433 g/mol.